The van der Waals surface area contributed by atoms with Crippen LogP contribution in [0.25, 0.3) is 97.0 Å². The Labute approximate surface area is 427 Å². The molecule has 18 rings (SSSR count). The molecule has 4 heteroatoms. The van der Waals surface area contributed by atoms with E-state index in [-0.39, 0.29) is 5.92 Å². The van der Waals surface area contributed by atoms with Gasteiger partial charge in [-0.1, -0.05) is 200 Å². The van der Waals surface area contributed by atoms with Crippen molar-refractivity contribution in [1.82, 2.24) is 0 Å². The van der Waals surface area contributed by atoms with Crippen LogP contribution in [0.2, 0.25) is 0 Å². The molecule has 0 amide bonds. The van der Waals surface area contributed by atoms with Crippen LogP contribution in [0.4, 0.5) is 0 Å². The van der Waals surface area contributed by atoms with E-state index < -0.39 is 7.32 Å². The molecule has 0 aromatic heterocycles. The maximum Gasteiger partial charge on any atom is 0.864 e. The fraction of sp³-hybridized carbons (Fsp3) is 0.0571. The summed E-state index contributed by atoms with van der Waals surface area (Å²) in [5, 5.41) is 23.4. The van der Waals surface area contributed by atoms with Crippen molar-refractivity contribution in [2.75, 3.05) is 0 Å². The SMILES string of the molecule is c1cc2ccc3cc(Cc4ccc5c(c4)C4c6cc(Cc7cc8ccc9cccc%10ccc(c7)c8c9%10)ccc6OB(O5)Oc5ccc(Cc6cc7ccc8cccc9ccc(c6)c7c89)cc54)cc4ccc(c1)c2c34. The molecule has 0 atom stereocenters. The molecule has 3 aliphatic heterocycles. The van der Waals surface area contributed by atoms with Crippen molar-refractivity contribution in [3.8, 4) is 17.2 Å². The zero-order valence-corrected chi connectivity index (χ0v) is 40.3. The van der Waals surface area contributed by atoms with E-state index in [9.17, 15) is 0 Å². The van der Waals surface area contributed by atoms with Crippen LogP contribution >= 0.6 is 0 Å². The summed E-state index contributed by atoms with van der Waals surface area (Å²) in [5.74, 6) is 2.05. The summed E-state index contributed by atoms with van der Waals surface area (Å²) < 4.78 is 20.3. The largest absolute Gasteiger partial charge is 0.864 e. The van der Waals surface area contributed by atoms with Gasteiger partial charge in [-0.15, -0.1) is 0 Å². The lowest BCUT2D eigenvalue weighted by molar-refractivity contribution is 0.292. The Kier molecular flexibility index (Phi) is 8.32. The lowest BCUT2D eigenvalue weighted by atomic mass is 9.79. The second-order valence-electron chi connectivity index (χ2n) is 21.1. The molecule has 3 nitrogen and oxygen atoms in total. The van der Waals surface area contributed by atoms with Crippen LogP contribution in [0.5, 0.6) is 17.2 Å². The van der Waals surface area contributed by atoms with Gasteiger partial charge >= 0.3 is 7.32 Å². The first-order chi connectivity index (χ1) is 36.5. The molecule has 0 N–H and O–H groups in total. The molecular weight excluding hydrogens is 900 g/mol. The van der Waals surface area contributed by atoms with E-state index in [0.717, 1.165) is 53.2 Å². The van der Waals surface area contributed by atoms with Crippen molar-refractivity contribution in [3.05, 3.63) is 268 Å². The van der Waals surface area contributed by atoms with Gasteiger partial charge in [0.05, 0.1) is 0 Å². The maximum atomic E-state index is 6.76. The molecule has 0 spiro atoms. The molecule has 74 heavy (non-hydrogen) atoms. The van der Waals surface area contributed by atoms with Crippen molar-refractivity contribution in [1.29, 1.82) is 0 Å². The van der Waals surface area contributed by atoms with E-state index in [1.165, 1.54) is 130 Å². The number of benzene rings is 15. The molecule has 0 radical (unpaired) electrons. The molecule has 0 unspecified atom stereocenters. The first kappa shape index (κ1) is 40.5. The Morgan fingerprint density at radius 2 is 0.486 bits per heavy atom. The molecular formula is C70H43BO3. The molecule has 2 bridgehead atoms. The van der Waals surface area contributed by atoms with E-state index >= 15 is 0 Å². The smallest absolute Gasteiger partial charge is 0.489 e. The predicted octanol–water partition coefficient (Wildman–Crippen LogP) is 17.5. The second-order valence-corrected chi connectivity index (χ2v) is 21.1. The third kappa shape index (κ3) is 6.15. The molecule has 15 aromatic rings. The van der Waals surface area contributed by atoms with E-state index in [0.29, 0.717) is 0 Å². The van der Waals surface area contributed by atoms with E-state index in [2.05, 4.69) is 218 Å². The van der Waals surface area contributed by atoms with Gasteiger partial charge in [0.15, 0.2) is 0 Å². The van der Waals surface area contributed by atoms with Gasteiger partial charge in [0.25, 0.3) is 0 Å². The van der Waals surface area contributed by atoms with Gasteiger partial charge in [0.1, 0.15) is 17.2 Å². The van der Waals surface area contributed by atoms with Crippen molar-refractivity contribution >= 4 is 104 Å². The molecule has 0 saturated heterocycles. The molecule has 15 aromatic carbocycles. The number of rotatable bonds is 6. The van der Waals surface area contributed by atoms with Gasteiger partial charge < -0.3 is 14.0 Å². The molecule has 3 heterocycles. The second kappa shape index (κ2) is 15.2. The van der Waals surface area contributed by atoms with E-state index in [4.69, 9.17) is 14.0 Å². The zero-order chi connectivity index (χ0) is 48.2. The van der Waals surface area contributed by atoms with Crippen molar-refractivity contribution in [2.24, 2.45) is 0 Å². The summed E-state index contributed by atoms with van der Waals surface area (Å²) in [6.07, 6.45) is 2.33. The summed E-state index contributed by atoms with van der Waals surface area (Å²) in [5.41, 5.74) is 10.8. The Morgan fingerprint density at radius 1 is 0.243 bits per heavy atom. The van der Waals surface area contributed by atoms with E-state index in [1.54, 1.807) is 0 Å². The lowest BCUT2D eigenvalue weighted by Gasteiger charge is -2.34. The minimum absolute atomic E-state index is 0.252. The fourth-order valence-electron chi connectivity index (χ4n) is 13.5. The summed E-state index contributed by atoms with van der Waals surface area (Å²) in [4.78, 5) is 0. The summed E-state index contributed by atoms with van der Waals surface area (Å²) >= 11 is 0. The molecule has 344 valence electrons. The van der Waals surface area contributed by atoms with E-state index in [1.807, 2.05) is 0 Å². The topological polar surface area (TPSA) is 27.7 Å². The van der Waals surface area contributed by atoms with Gasteiger partial charge in [0.2, 0.25) is 0 Å². The fourth-order valence-corrected chi connectivity index (χ4v) is 13.5. The van der Waals surface area contributed by atoms with Crippen LogP contribution in [0, 0.1) is 0 Å². The van der Waals surface area contributed by atoms with Crippen LogP contribution in [0.1, 0.15) is 56.0 Å². The van der Waals surface area contributed by atoms with Gasteiger partial charge in [-0.3, -0.25) is 0 Å². The van der Waals surface area contributed by atoms with Crippen molar-refractivity contribution in [3.63, 3.8) is 0 Å². The monoisotopic (exact) mass is 942 g/mol. The van der Waals surface area contributed by atoms with Crippen LogP contribution in [0.15, 0.2) is 218 Å². The summed E-state index contributed by atoms with van der Waals surface area (Å²) in [7, 11) is -0.990. The first-order valence-corrected chi connectivity index (χ1v) is 25.9. The summed E-state index contributed by atoms with van der Waals surface area (Å²) in [6.45, 7) is 0. The third-order valence-electron chi connectivity index (χ3n) is 16.6. The average Bonchev–Trinajstić information content (AvgIpc) is 3.42. The van der Waals surface area contributed by atoms with Gasteiger partial charge in [-0.25, -0.2) is 0 Å². The number of hydrogen-bond donors (Lipinski definition) is 0. The Hall–Kier alpha value is -9.12. The lowest BCUT2D eigenvalue weighted by Crippen LogP contribution is -2.40. The highest BCUT2D eigenvalue weighted by Crippen LogP contribution is 2.50. The Bertz CT molecular complexity index is 4150. The highest BCUT2D eigenvalue weighted by atomic mass is 16.7. The molecule has 0 aliphatic carbocycles. The minimum Gasteiger partial charge on any atom is -0.489 e. The van der Waals surface area contributed by atoms with Crippen molar-refractivity contribution < 1.29 is 14.0 Å². The van der Waals surface area contributed by atoms with Gasteiger partial charge in [-0.2, -0.15) is 0 Å². The Morgan fingerprint density at radius 3 is 0.757 bits per heavy atom. The molecule has 3 aliphatic rings. The van der Waals surface area contributed by atoms with Crippen LogP contribution in [0.3, 0.4) is 0 Å². The minimum atomic E-state index is -0.990. The molecule has 0 fully saturated rings. The summed E-state index contributed by atoms with van der Waals surface area (Å²) in [6, 6.07) is 81.7. The highest BCUT2D eigenvalue weighted by molar-refractivity contribution is 6.40. The molecule has 0 saturated carbocycles. The maximum absolute atomic E-state index is 6.76. The average molecular weight is 943 g/mol. The number of hydrogen-bond acceptors (Lipinski definition) is 3. The van der Waals surface area contributed by atoms with Crippen LogP contribution in [-0.2, 0) is 19.3 Å². The van der Waals surface area contributed by atoms with Crippen LogP contribution < -0.4 is 14.0 Å². The first-order valence-electron chi connectivity index (χ1n) is 25.9. The highest BCUT2D eigenvalue weighted by Gasteiger charge is 2.42. The van der Waals surface area contributed by atoms with Crippen LogP contribution in [-0.4, -0.2) is 7.32 Å². The van der Waals surface area contributed by atoms with Crippen molar-refractivity contribution in [2.45, 2.75) is 25.2 Å². The quantitative estimate of drug-likeness (QED) is 0.123. The van der Waals surface area contributed by atoms with Gasteiger partial charge in [-0.05, 0) is 168 Å². The third-order valence-corrected chi connectivity index (χ3v) is 16.6. The zero-order valence-electron chi connectivity index (χ0n) is 40.3. The standard InChI is InChI=1S/C70H43BO3/c1-4-46-13-19-52-31-43(32-53-20-14-47(5-1)64(46)67(52)53)28-40-10-25-61-58(37-40)70-59-38-41(29-44-33-54-21-15-48-6-2-7-49-16-22-55(34-44)68(54)65(48)49)11-26-62(59)73-71(72-61)74-63-27-12-42(39-60(63)70)30-45-35-56-23-17-50-8-3-9-51-18-24-57(36-45)69(56)66(50)51/h1-27,31-39,70H,28-30H2. The van der Waals surface area contributed by atoms with Gasteiger partial charge in [0, 0.05) is 22.6 Å². The normalized spacial score (nSPS) is 13.5. The Balaban J connectivity index is 0.805. The predicted molar refractivity (Wildman–Crippen MR) is 307 cm³/mol.